The Morgan fingerprint density at radius 1 is 1.40 bits per heavy atom. The van der Waals surface area contributed by atoms with Crippen molar-refractivity contribution in [1.82, 2.24) is 4.98 Å². The molecule has 0 aliphatic heterocycles. The van der Waals surface area contributed by atoms with Crippen LogP contribution in [0.3, 0.4) is 0 Å². The largest absolute Gasteiger partial charge is 0.368 e. The fourth-order valence-corrected chi connectivity index (χ4v) is 2.41. The van der Waals surface area contributed by atoms with Crippen molar-refractivity contribution >= 4 is 11.7 Å². The number of hydrogen-bond acceptors (Lipinski definition) is 4. The fraction of sp³-hybridized carbons (Fsp3) is 0.600. The van der Waals surface area contributed by atoms with Gasteiger partial charge in [0.15, 0.2) is 0 Å². The van der Waals surface area contributed by atoms with Gasteiger partial charge in [-0.2, -0.15) is 0 Å². The Kier molecular flexibility index (Phi) is 4.60. The predicted molar refractivity (Wildman–Crippen MR) is 80.7 cm³/mol. The summed E-state index contributed by atoms with van der Waals surface area (Å²) in [5.41, 5.74) is 14.2. The molecule has 0 saturated heterocycles. The lowest BCUT2D eigenvalue weighted by Gasteiger charge is -2.21. The summed E-state index contributed by atoms with van der Waals surface area (Å²) < 4.78 is 0. The van der Waals surface area contributed by atoms with Crippen LogP contribution in [-0.2, 0) is 12.8 Å². The zero-order valence-electron chi connectivity index (χ0n) is 12.3. The Hall–Kier alpha value is -1.62. The lowest BCUT2D eigenvalue weighted by molar-refractivity contribution is 0.100. The zero-order valence-corrected chi connectivity index (χ0v) is 12.3. The highest BCUT2D eigenvalue weighted by molar-refractivity contribution is 5.97. The van der Waals surface area contributed by atoms with E-state index in [1.165, 1.54) is 0 Å². The first kappa shape index (κ1) is 14.8. The predicted octanol–water partition coefficient (Wildman–Crippen LogP) is 1.45. The maximum Gasteiger partial charge on any atom is 0.252 e. The summed E-state index contributed by atoms with van der Waals surface area (Å²) in [4.78, 5) is 16.2. The molecular formula is C15H24N4O. The molecule has 5 nitrogen and oxygen atoms in total. The van der Waals surface area contributed by atoms with Crippen LogP contribution in [0.5, 0.6) is 0 Å². The van der Waals surface area contributed by atoms with Gasteiger partial charge in [0, 0.05) is 18.3 Å². The molecule has 1 aromatic rings. The van der Waals surface area contributed by atoms with E-state index in [2.05, 4.69) is 24.1 Å². The van der Waals surface area contributed by atoms with Gasteiger partial charge >= 0.3 is 0 Å². The molecule has 1 amide bonds. The summed E-state index contributed by atoms with van der Waals surface area (Å²) in [5, 5.41) is 3.19. The van der Waals surface area contributed by atoms with Crippen LogP contribution in [0.2, 0.25) is 0 Å². The number of nitrogens with two attached hydrogens (primary N) is 2. The fourth-order valence-electron chi connectivity index (χ4n) is 2.41. The number of anilines is 1. The Morgan fingerprint density at radius 3 is 2.75 bits per heavy atom. The number of nitrogens with zero attached hydrogens (tertiary/aromatic N) is 1. The van der Waals surface area contributed by atoms with Crippen LogP contribution in [0, 0.1) is 5.92 Å². The van der Waals surface area contributed by atoms with Gasteiger partial charge in [-0.1, -0.05) is 13.8 Å². The number of amides is 1. The Labute approximate surface area is 120 Å². The van der Waals surface area contributed by atoms with Gasteiger partial charge < -0.3 is 16.8 Å². The minimum absolute atomic E-state index is 0.0218. The van der Waals surface area contributed by atoms with Gasteiger partial charge in [-0.25, -0.2) is 4.98 Å². The van der Waals surface area contributed by atoms with Crippen molar-refractivity contribution in [3.63, 3.8) is 0 Å². The first-order chi connectivity index (χ1) is 9.49. The van der Waals surface area contributed by atoms with Gasteiger partial charge in [0.05, 0.1) is 5.56 Å². The van der Waals surface area contributed by atoms with Crippen molar-refractivity contribution in [3.8, 4) is 0 Å². The molecule has 0 bridgehead atoms. The molecule has 110 valence electrons. The highest BCUT2D eigenvalue weighted by Crippen LogP contribution is 2.24. The molecule has 0 spiro atoms. The number of aryl methyl sites for hydroxylation is 2. The molecule has 5 N–H and O–H groups in total. The maximum absolute atomic E-state index is 11.6. The topological polar surface area (TPSA) is 94.0 Å². The molecule has 5 heteroatoms. The molecule has 0 radical (unpaired) electrons. The monoisotopic (exact) mass is 276 g/mol. The minimum Gasteiger partial charge on any atom is -0.368 e. The summed E-state index contributed by atoms with van der Waals surface area (Å²) in [6, 6.07) is 1.92. The number of nitrogens with one attached hydrogen (secondary N) is 1. The smallest absolute Gasteiger partial charge is 0.252 e. The molecule has 1 heterocycles. The third kappa shape index (κ3) is 3.28. The van der Waals surface area contributed by atoms with E-state index >= 15 is 0 Å². The number of carbonyl (C=O) groups excluding carboxylic acids is 1. The molecular weight excluding hydrogens is 252 g/mol. The summed E-state index contributed by atoms with van der Waals surface area (Å²) in [7, 11) is 0. The minimum atomic E-state index is -0.438. The number of primary amides is 1. The zero-order chi connectivity index (χ0) is 14.7. The number of carbonyl (C=O) groups is 1. The van der Waals surface area contributed by atoms with Gasteiger partial charge in [0.25, 0.3) is 5.91 Å². The summed E-state index contributed by atoms with van der Waals surface area (Å²) in [5.74, 6) is 0.512. The number of pyridine rings is 1. The van der Waals surface area contributed by atoms with E-state index in [4.69, 9.17) is 11.5 Å². The quantitative estimate of drug-likeness (QED) is 0.758. The van der Waals surface area contributed by atoms with E-state index in [1.807, 2.05) is 6.07 Å². The molecule has 2 rings (SSSR count). The summed E-state index contributed by atoms with van der Waals surface area (Å²) >= 11 is 0. The lowest BCUT2D eigenvalue weighted by Crippen LogP contribution is -2.34. The van der Waals surface area contributed by atoms with Crippen LogP contribution in [0.1, 0.15) is 48.3 Å². The van der Waals surface area contributed by atoms with Crippen molar-refractivity contribution in [3.05, 3.63) is 22.9 Å². The second-order valence-corrected chi connectivity index (χ2v) is 5.85. The summed E-state index contributed by atoms with van der Waals surface area (Å²) in [6.07, 6.45) is 4.26. The van der Waals surface area contributed by atoms with Crippen LogP contribution in [0.25, 0.3) is 0 Å². The van der Waals surface area contributed by atoms with Gasteiger partial charge in [-0.3, -0.25) is 4.79 Å². The first-order valence-electron chi connectivity index (χ1n) is 7.31. The number of aromatic nitrogens is 1. The van der Waals surface area contributed by atoms with E-state index < -0.39 is 5.91 Å². The molecule has 0 saturated carbocycles. The standard InChI is InChI=1S/C15H24N4O/c1-9(2)12(16)8-18-15-11(14(17)20)7-10-5-3-4-6-13(10)19-15/h7,9,12H,3-6,8,16H2,1-2H3,(H2,17,20)(H,18,19). The van der Waals surface area contributed by atoms with E-state index in [9.17, 15) is 4.79 Å². The number of rotatable bonds is 5. The molecule has 1 aromatic heterocycles. The molecule has 1 unspecified atom stereocenters. The van der Waals surface area contributed by atoms with E-state index in [1.54, 1.807) is 0 Å². The van der Waals surface area contributed by atoms with E-state index in [0.717, 1.165) is 36.9 Å². The number of hydrogen-bond donors (Lipinski definition) is 3. The second-order valence-electron chi connectivity index (χ2n) is 5.85. The van der Waals surface area contributed by atoms with Crippen molar-refractivity contribution in [2.24, 2.45) is 17.4 Å². The third-order valence-electron chi connectivity index (χ3n) is 3.93. The molecule has 1 aliphatic carbocycles. The van der Waals surface area contributed by atoms with Crippen LogP contribution in [-0.4, -0.2) is 23.5 Å². The highest BCUT2D eigenvalue weighted by atomic mass is 16.1. The summed E-state index contributed by atoms with van der Waals surface area (Å²) in [6.45, 7) is 4.73. The van der Waals surface area contributed by atoms with Crippen molar-refractivity contribution in [2.75, 3.05) is 11.9 Å². The first-order valence-corrected chi connectivity index (χ1v) is 7.31. The van der Waals surface area contributed by atoms with Crippen LogP contribution < -0.4 is 16.8 Å². The maximum atomic E-state index is 11.6. The Bertz CT molecular complexity index is 499. The molecule has 0 aromatic carbocycles. The van der Waals surface area contributed by atoms with E-state index in [-0.39, 0.29) is 6.04 Å². The van der Waals surface area contributed by atoms with E-state index in [0.29, 0.717) is 23.8 Å². The normalized spacial score (nSPS) is 15.8. The van der Waals surface area contributed by atoms with Gasteiger partial charge in [-0.15, -0.1) is 0 Å². The van der Waals surface area contributed by atoms with Crippen LogP contribution in [0.4, 0.5) is 5.82 Å². The van der Waals surface area contributed by atoms with Crippen molar-refractivity contribution < 1.29 is 4.79 Å². The SMILES string of the molecule is CC(C)C(N)CNc1nc2c(cc1C(N)=O)CCCC2. The van der Waals surface area contributed by atoms with Gasteiger partial charge in [0.1, 0.15) is 5.82 Å². The molecule has 1 atom stereocenters. The van der Waals surface area contributed by atoms with Gasteiger partial charge in [0.2, 0.25) is 0 Å². The molecule has 1 aliphatic rings. The average Bonchev–Trinajstić information content (AvgIpc) is 2.43. The Balaban J connectivity index is 2.23. The second kappa shape index (κ2) is 6.22. The van der Waals surface area contributed by atoms with Crippen molar-refractivity contribution in [1.29, 1.82) is 0 Å². The Morgan fingerprint density at radius 2 is 2.10 bits per heavy atom. The highest BCUT2D eigenvalue weighted by Gasteiger charge is 2.18. The number of fused-ring (bicyclic) bond motifs is 1. The van der Waals surface area contributed by atoms with Gasteiger partial charge in [-0.05, 0) is 43.2 Å². The van der Waals surface area contributed by atoms with Crippen molar-refractivity contribution in [2.45, 2.75) is 45.6 Å². The van der Waals surface area contributed by atoms with Crippen LogP contribution >= 0.6 is 0 Å². The third-order valence-corrected chi connectivity index (χ3v) is 3.93. The average molecular weight is 276 g/mol. The molecule has 0 fully saturated rings. The van der Waals surface area contributed by atoms with Crippen LogP contribution in [0.15, 0.2) is 6.07 Å². The molecule has 20 heavy (non-hydrogen) atoms. The lowest BCUT2D eigenvalue weighted by atomic mass is 9.94.